The van der Waals surface area contributed by atoms with Crippen LogP contribution in [0.5, 0.6) is 0 Å². The average Bonchev–Trinajstić information content (AvgIpc) is 2.67. The summed E-state index contributed by atoms with van der Waals surface area (Å²) in [6.45, 7) is 4.57. The minimum Gasteiger partial charge on any atom is -0.451 e. The van der Waals surface area contributed by atoms with Gasteiger partial charge in [0, 0.05) is 19.2 Å². The number of unbranched alkanes of at least 4 members (excludes halogenated alkanes) is 1. The summed E-state index contributed by atoms with van der Waals surface area (Å²) in [6.07, 6.45) is 6.82. The van der Waals surface area contributed by atoms with Crippen molar-refractivity contribution in [3.8, 4) is 0 Å². The molecule has 1 amide bonds. The minimum atomic E-state index is -0.628. The number of nitrogens with zero attached hydrogens (tertiary/aromatic N) is 1. The summed E-state index contributed by atoms with van der Waals surface area (Å²) in [5.74, 6) is -0.331. The molecular formula is C16H25NO3. The predicted molar refractivity (Wildman–Crippen MR) is 77.2 cm³/mol. The highest BCUT2D eigenvalue weighted by atomic mass is 16.6. The molecule has 0 aromatic rings. The molecule has 20 heavy (non-hydrogen) atoms. The Morgan fingerprint density at radius 2 is 1.95 bits per heavy atom. The highest BCUT2D eigenvalue weighted by molar-refractivity contribution is 6.07. The number of ether oxygens (including phenoxy) is 1. The van der Waals surface area contributed by atoms with Crippen molar-refractivity contribution in [2.24, 2.45) is 0 Å². The number of esters is 1. The second-order valence-corrected chi connectivity index (χ2v) is 6.02. The molecule has 1 aliphatic heterocycles. The fourth-order valence-corrected chi connectivity index (χ4v) is 3.27. The molecule has 1 spiro atoms. The van der Waals surface area contributed by atoms with E-state index in [1.165, 1.54) is 0 Å². The molecule has 0 bridgehead atoms. The number of amides is 1. The van der Waals surface area contributed by atoms with Crippen molar-refractivity contribution in [2.45, 2.75) is 64.4 Å². The average molecular weight is 279 g/mol. The van der Waals surface area contributed by atoms with Crippen LogP contribution in [0.2, 0.25) is 0 Å². The van der Waals surface area contributed by atoms with Gasteiger partial charge < -0.3 is 9.64 Å². The molecular weight excluding hydrogens is 254 g/mol. The van der Waals surface area contributed by atoms with Gasteiger partial charge in [-0.15, -0.1) is 0 Å². The number of hydrogen-bond donors (Lipinski definition) is 0. The number of hydrogen-bond acceptors (Lipinski definition) is 3. The largest absolute Gasteiger partial charge is 0.451 e. The number of likely N-dealkylation sites (N-methyl/N-ethyl adjacent to an activating group) is 1. The van der Waals surface area contributed by atoms with Crippen molar-refractivity contribution < 1.29 is 14.3 Å². The topological polar surface area (TPSA) is 46.6 Å². The highest BCUT2D eigenvalue weighted by Gasteiger charge is 2.50. The first-order chi connectivity index (χ1) is 9.52. The molecule has 4 nitrogen and oxygen atoms in total. The van der Waals surface area contributed by atoms with Crippen LogP contribution in [0.1, 0.15) is 58.8 Å². The zero-order valence-corrected chi connectivity index (χ0v) is 12.8. The standard InChI is InChI=1S/C16H25NO3/c1-4-5-11-17(3)14(18)13-12(2)15(19)20-16(13)9-7-6-8-10-16/h4-11H2,1-3H3. The first-order valence-corrected chi connectivity index (χ1v) is 7.72. The lowest BCUT2D eigenvalue weighted by Gasteiger charge is -2.35. The van der Waals surface area contributed by atoms with Crippen molar-refractivity contribution >= 4 is 11.9 Å². The van der Waals surface area contributed by atoms with E-state index in [2.05, 4.69) is 6.92 Å². The maximum Gasteiger partial charge on any atom is 0.335 e. The van der Waals surface area contributed by atoms with Crippen LogP contribution in [0.4, 0.5) is 0 Å². The third kappa shape index (κ3) is 2.60. The van der Waals surface area contributed by atoms with Crippen LogP contribution in [0.15, 0.2) is 11.1 Å². The SMILES string of the molecule is CCCCN(C)C(=O)C1=C(C)C(=O)OC12CCCCC2. The summed E-state index contributed by atoms with van der Waals surface area (Å²) in [5, 5.41) is 0. The monoisotopic (exact) mass is 279 g/mol. The zero-order valence-electron chi connectivity index (χ0n) is 12.8. The summed E-state index contributed by atoms with van der Waals surface area (Å²) in [7, 11) is 1.82. The van der Waals surface area contributed by atoms with Crippen LogP contribution in [0, 0.1) is 0 Å². The van der Waals surface area contributed by atoms with E-state index < -0.39 is 5.60 Å². The van der Waals surface area contributed by atoms with Gasteiger partial charge in [0.05, 0.1) is 5.57 Å². The van der Waals surface area contributed by atoms with Crippen LogP contribution in [-0.4, -0.2) is 36.0 Å². The third-order valence-corrected chi connectivity index (χ3v) is 4.49. The summed E-state index contributed by atoms with van der Waals surface area (Å²) in [5.41, 5.74) is 0.512. The quantitative estimate of drug-likeness (QED) is 0.743. The Bertz CT molecular complexity index is 433. The molecule has 0 aromatic carbocycles. The lowest BCUT2D eigenvalue weighted by atomic mass is 9.78. The van der Waals surface area contributed by atoms with Crippen LogP contribution < -0.4 is 0 Å². The fourth-order valence-electron chi connectivity index (χ4n) is 3.27. The van der Waals surface area contributed by atoms with E-state index >= 15 is 0 Å². The minimum absolute atomic E-state index is 0.0244. The molecule has 0 saturated heterocycles. The number of carbonyl (C=O) groups excluding carboxylic acids is 2. The predicted octanol–water partition coefficient (Wildman–Crippen LogP) is 2.82. The second-order valence-electron chi connectivity index (χ2n) is 6.02. The molecule has 0 radical (unpaired) electrons. The molecule has 112 valence electrons. The summed E-state index contributed by atoms with van der Waals surface area (Å²) >= 11 is 0. The first kappa shape index (κ1) is 15.1. The van der Waals surface area contributed by atoms with Crippen LogP contribution >= 0.6 is 0 Å². The Balaban J connectivity index is 2.25. The van der Waals surface area contributed by atoms with E-state index in [9.17, 15) is 9.59 Å². The van der Waals surface area contributed by atoms with Crippen LogP contribution in [-0.2, 0) is 14.3 Å². The van der Waals surface area contributed by atoms with Gasteiger partial charge >= 0.3 is 5.97 Å². The van der Waals surface area contributed by atoms with Gasteiger partial charge in [0.15, 0.2) is 0 Å². The van der Waals surface area contributed by atoms with E-state index in [1.54, 1.807) is 11.8 Å². The van der Waals surface area contributed by atoms with E-state index in [4.69, 9.17) is 4.74 Å². The molecule has 4 heteroatoms. The van der Waals surface area contributed by atoms with Gasteiger partial charge in [-0.05, 0) is 39.0 Å². The molecule has 1 aliphatic carbocycles. The first-order valence-electron chi connectivity index (χ1n) is 7.72. The maximum atomic E-state index is 12.7. The highest BCUT2D eigenvalue weighted by Crippen LogP contribution is 2.44. The summed E-state index contributed by atoms with van der Waals surface area (Å²) in [4.78, 5) is 26.4. The molecule has 0 unspecified atom stereocenters. The molecule has 0 N–H and O–H groups in total. The fraction of sp³-hybridized carbons (Fsp3) is 0.750. The van der Waals surface area contributed by atoms with Gasteiger partial charge in [0.2, 0.25) is 0 Å². The molecule has 0 atom stereocenters. The number of rotatable bonds is 4. The number of carbonyl (C=O) groups is 2. The normalized spacial score (nSPS) is 21.2. The molecule has 0 aromatic heterocycles. The molecule has 1 fully saturated rings. The van der Waals surface area contributed by atoms with E-state index in [-0.39, 0.29) is 11.9 Å². The Hall–Kier alpha value is -1.32. The van der Waals surface area contributed by atoms with Crippen molar-refractivity contribution in [3.63, 3.8) is 0 Å². The van der Waals surface area contributed by atoms with Crippen molar-refractivity contribution in [1.82, 2.24) is 4.90 Å². The Labute approximate surface area is 121 Å². The van der Waals surface area contributed by atoms with Gasteiger partial charge in [-0.3, -0.25) is 4.79 Å². The van der Waals surface area contributed by atoms with Crippen molar-refractivity contribution in [1.29, 1.82) is 0 Å². The van der Waals surface area contributed by atoms with Gasteiger partial charge in [-0.1, -0.05) is 19.8 Å². The zero-order chi connectivity index (χ0) is 14.8. The lowest BCUT2D eigenvalue weighted by Crippen LogP contribution is -2.42. The Morgan fingerprint density at radius 3 is 2.55 bits per heavy atom. The third-order valence-electron chi connectivity index (χ3n) is 4.49. The van der Waals surface area contributed by atoms with E-state index in [0.717, 1.165) is 51.5 Å². The Morgan fingerprint density at radius 1 is 1.30 bits per heavy atom. The Kier molecular flexibility index (Phi) is 4.51. The summed E-state index contributed by atoms with van der Waals surface area (Å²) < 4.78 is 5.63. The van der Waals surface area contributed by atoms with Gasteiger partial charge in [0.25, 0.3) is 5.91 Å². The smallest absolute Gasteiger partial charge is 0.335 e. The van der Waals surface area contributed by atoms with Gasteiger partial charge in [-0.25, -0.2) is 4.79 Å². The molecule has 1 heterocycles. The second kappa shape index (κ2) is 5.98. The van der Waals surface area contributed by atoms with Crippen LogP contribution in [0.3, 0.4) is 0 Å². The van der Waals surface area contributed by atoms with E-state index in [1.807, 2.05) is 7.05 Å². The van der Waals surface area contributed by atoms with Crippen LogP contribution in [0.25, 0.3) is 0 Å². The van der Waals surface area contributed by atoms with Gasteiger partial charge in [0.1, 0.15) is 5.60 Å². The molecule has 1 saturated carbocycles. The summed E-state index contributed by atoms with van der Waals surface area (Å²) in [6, 6.07) is 0. The lowest BCUT2D eigenvalue weighted by molar-refractivity contribution is -0.150. The van der Waals surface area contributed by atoms with Crippen molar-refractivity contribution in [2.75, 3.05) is 13.6 Å². The molecule has 2 aliphatic rings. The maximum absolute atomic E-state index is 12.7. The van der Waals surface area contributed by atoms with Gasteiger partial charge in [-0.2, -0.15) is 0 Å². The van der Waals surface area contributed by atoms with Crippen molar-refractivity contribution in [3.05, 3.63) is 11.1 Å². The molecule has 2 rings (SSSR count). The van der Waals surface area contributed by atoms with E-state index in [0.29, 0.717) is 11.1 Å².